The molecule has 2 atom stereocenters. The van der Waals surface area contributed by atoms with Gasteiger partial charge in [-0.15, -0.1) is 0 Å². The highest BCUT2D eigenvalue weighted by Crippen LogP contribution is 2.66. The number of aryl methyl sites for hydroxylation is 1. The molecule has 0 aliphatic rings. The Bertz CT molecular complexity index is 604. The van der Waals surface area contributed by atoms with Crippen molar-refractivity contribution in [2.24, 2.45) is 0 Å². The van der Waals surface area contributed by atoms with Gasteiger partial charge in [-0.05, 0) is 19.1 Å². The first-order valence-corrected chi connectivity index (χ1v) is 9.31. The van der Waals surface area contributed by atoms with Crippen molar-refractivity contribution in [3.63, 3.8) is 0 Å². The van der Waals surface area contributed by atoms with Crippen LogP contribution in [0.2, 0.25) is 0 Å². The molecule has 0 fully saturated rings. The Hall–Kier alpha value is -0.530. The highest BCUT2D eigenvalue weighted by atomic mass is 31.3. The second-order valence-electron chi connectivity index (χ2n) is 3.50. The number of hydrogen-bond acceptors (Lipinski definition) is 6. The third kappa shape index (κ3) is 6.76. The fourth-order valence-corrected chi connectivity index (χ4v) is 4.06. The molecule has 2 unspecified atom stereocenters. The zero-order chi connectivity index (χ0) is 15.6. The first-order chi connectivity index (χ1) is 8.89. The highest BCUT2D eigenvalue weighted by molar-refractivity contribution is 7.66. The van der Waals surface area contributed by atoms with Gasteiger partial charge in [-0.2, -0.15) is 8.62 Å². The molecule has 0 aliphatic heterocycles. The Morgan fingerprint density at radius 3 is 1.80 bits per heavy atom. The Morgan fingerprint density at radius 2 is 1.35 bits per heavy atom. The third-order valence-electron chi connectivity index (χ3n) is 1.66. The molecule has 0 bridgehead atoms. The molecular formula is C7H11O10P3. The average Bonchev–Trinajstić information content (AvgIpc) is 2.15. The topological polar surface area (TPSA) is 160 Å². The maximum atomic E-state index is 11.4. The number of phosphoric ester groups is 1. The summed E-state index contributed by atoms with van der Waals surface area (Å²) in [6, 6.07) is 5.63. The van der Waals surface area contributed by atoms with Crippen LogP contribution in [0.25, 0.3) is 0 Å². The molecule has 0 radical (unpaired) electrons. The molecule has 0 saturated heterocycles. The van der Waals surface area contributed by atoms with Crippen LogP contribution in [-0.4, -0.2) is 19.6 Å². The minimum Gasteiger partial charge on any atom is -0.404 e. The van der Waals surface area contributed by atoms with Gasteiger partial charge in [0, 0.05) is 0 Å². The molecule has 0 heterocycles. The minimum absolute atomic E-state index is 0.155. The predicted octanol–water partition coefficient (Wildman–Crippen LogP) is 1.70. The standard InChI is InChI=1S/C7H11O10P3/c1-6-2-4-7(5-3-6)15-19(11,12)17-20(13,14)16-18(8,9)10/h2-5H,1H3,(H,11,12)(H,13,14)(H2,8,9,10). The summed E-state index contributed by atoms with van der Waals surface area (Å²) in [6.07, 6.45) is 0. The van der Waals surface area contributed by atoms with E-state index < -0.39 is 23.5 Å². The van der Waals surface area contributed by atoms with Crippen molar-refractivity contribution >= 4 is 23.5 Å². The maximum absolute atomic E-state index is 11.4. The van der Waals surface area contributed by atoms with Crippen molar-refractivity contribution in [2.45, 2.75) is 6.92 Å². The summed E-state index contributed by atoms with van der Waals surface area (Å²) in [5.41, 5.74) is 0.823. The van der Waals surface area contributed by atoms with E-state index in [1.807, 2.05) is 0 Å². The van der Waals surface area contributed by atoms with Crippen LogP contribution in [0, 0.1) is 6.92 Å². The van der Waals surface area contributed by atoms with Crippen molar-refractivity contribution in [1.82, 2.24) is 0 Å². The fraction of sp³-hybridized carbons (Fsp3) is 0.143. The van der Waals surface area contributed by atoms with Crippen molar-refractivity contribution in [3.05, 3.63) is 29.8 Å². The lowest BCUT2D eigenvalue weighted by molar-refractivity contribution is 0.207. The lowest BCUT2D eigenvalue weighted by Crippen LogP contribution is -1.98. The van der Waals surface area contributed by atoms with E-state index in [2.05, 4.69) is 13.1 Å². The van der Waals surface area contributed by atoms with Gasteiger partial charge >= 0.3 is 23.5 Å². The van der Waals surface area contributed by atoms with E-state index in [0.29, 0.717) is 0 Å². The third-order valence-corrected chi connectivity index (χ3v) is 5.43. The largest absolute Gasteiger partial charge is 0.536 e. The van der Waals surface area contributed by atoms with Crippen LogP contribution in [-0.2, 0) is 22.3 Å². The summed E-state index contributed by atoms with van der Waals surface area (Å²) in [5, 5.41) is 0. The van der Waals surface area contributed by atoms with Crippen molar-refractivity contribution in [1.29, 1.82) is 0 Å². The van der Waals surface area contributed by atoms with Crippen molar-refractivity contribution in [2.75, 3.05) is 0 Å². The van der Waals surface area contributed by atoms with E-state index in [0.717, 1.165) is 5.56 Å². The Kier molecular flexibility index (Phi) is 5.32. The summed E-state index contributed by atoms with van der Waals surface area (Å²) < 4.78 is 44.4. The van der Waals surface area contributed by atoms with Gasteiger partial charge in [0.2, 0.25) is 0 Å². The molecular weight excluding hydrogens is 337 g/mol. The van der Waals surface area contributed by atoms with Gasteiger partial charge in [0.1, 0.15) is 5.75 Å². The lowest BCUT2D eigenvalue weighted by atomic mass is 10.2. The van der Waals surface area contributed by atoms with E-state index in [1.165, 1.54) is 24.3 Å². The van der Waals surface area contributed by atoms with E-state index in [-0.39, 0.29) is 5.75 Å². The minimum atomic E-state index is -5.48. The van der Waals surface area contributed by atoms with Crippen molar-refractivity contribution in [3.8, 4) is 5.75 Å². The van der Waals surface area contributed by atoms with Crippen LogP contribution in [0.3, 0.4) is 0 Å². The normalized spacial score (nSPS) is 18.1. The second-order valence-corrected chi connectivity index (χ2v) is 7.84. The Balaban J connectivity index is 2.79. The van der Waals surface area contributed by atoms with E-state index >= 15 is 0 Å². The van der Waals surface area contributed by atoms with Gasteiger partial charge in [0.25, 0.3) is 0 Å². The number of benzene rings is 1. The number of rotatable bonds is 6. The maximum Gasteiger partial charge on any atom is 0.536 e. The SMILES string of the molecule is Cc1ccc(OP(=O)(O)OP(=O)(O)OP(=O)(O)O)cc1. The molecule has 1 aromatic rings. The first kappa shape index (κ1) is 17.5. The van der Waals surface area contributed by atoms with Gasteiger partial charge in [-0.3, -0.25) is 4.89 Å². The zero-order valence-electron chi connectivity index (χ0n) is 9.89. The van der Waals surface area contributed by atoms with Crippen LogP contribution >= 0.6 is 23.5 Å². The van der Waals surface area contributed by atoms with Gasteiger partial charge in [-0.1, -0.05) is 17.7 Å². The van der Waals surface area contributed by atoms with Gasteiger partial charge < -0.3 is 19.2 Å². The summed E-state index contributed by atoms with van der Waals surface area (Å²) in [5.74, 6) is -0.155. The molecule has 13 heteroatoms. The summed E-state index contributed by atoms with van der Waals surface area (Å²) >= 11 is 0. The van der Waals surface area contributed by atoms with Gasteiger partial charge in [0.05, 0.1) is 0 Å². The molecule has 4 N–H and O–H groups in total. The molecule has 1 aromatic carbocycles. The lowest BCUT2D eigenvalue weighted by Gasteiger charge is -2.16. The summed E-state index contributed by atoms with van der Waals surface area (Å²) in [6.45, 7) is 1.74. The zero-order valence-corrected chi connectivity index (χ0v) is 12.6. The quantitative estimate of drug-likeness (QED) is 0.557. The Morgan fingerprint density at radius 1 is 0.850 bits per heavy atom. The van der Waals surface area contributed by atoms with Crippen LogP contribution in [0.4, 0.5) is 0 Å². The molecule has 0 saturated carbocycles. The molecule has 0 spiro atoms. The second kappa shape index (κ2) is 6.07. The fourth-order valence-electron chi connectivity index (χ4n) is 1.03. The molecule has 0 amide bonds. The smallest absolute Gasteiger partial charge is 0.404 e. The van der Waals surface area contributed by atoms with E-state index in [9.17, 15) is 18.6 Å². The van der Waals surface area contributed by atoms with Crippen LogP contribution in [0.1, 0.15) is 5.56 Å². The average molecular weight is 348 g/mol. The highest BCUT2D eigenvalue weighted by Gasteiger charge is 2.41. The molecule has 0 aromatic heterocycles. The Labute approximate surface area is 113 Å². The van der Waals surface area contributed by atoms with Crippen LogP contribution < -0.4 is 4.52 Å². The first-order valence-electron chi connectivity index (χ1n) is 4.79. The van der Waals surface area contributed by atoms with E-state index in [1.54, 1.807) is 6.92 Å². The van der Waals surface area contributed by atoms with Crippen LogP contribution in [0.15, 0.2) is 24.3 Å². The molecule has 114 valence electrons. The molecule has 1 rings (SSSR count). The van der Waals surface area contributed by atoms with Crippen LogP contribution in [0.5, 0.6) is 5.75 Å². The van der Waals surface area contributed by atoms with Gasteiger partial charge in [-0.25, -0.2) is 13.7 Å². The van der Waals surface area contributed by atoms with Gasteiger partial charge in [0.15, 0.2) is 0 Å². The molecule has 20 heavy (non-hydrogen) atoms. The summed E-state index contributed by atoms with van der Waals surface area (Å²) in [4.78, 5) is 34.8. The molecule has 0 aliphatic carbocycles. The monoisotopic (exact) mass is 348 g/mol. The van der Waals surface area contributed by atoms with E-state index in [4.69, 9.17) is 14.7 Å². The van der Waals surface area contributed by atoms with Crippen molar-refractivity contribution < 1.29 is 46.4 Å². The summed E-state index contributed by atoms with van der Waals surface area (Å²) in [7, 11) is -16.0. The number of hydrogen-bond donors (Lipinski definition) is 4. The molecule has 10 nitrogen and oxygen atoms in total. The predicted molar refractivity (Wildman–Crippen MR) is 65.7 cm³/mol. The number of phosphoric acid groups is 3.